The summed E-state index contributed by atoms with van der Waals surface area (Å²) in [7, 11) is -3.06. The zero-order valence-electron chi connectivity index (χ0n) is 13.8. The zero-order chi connectivity index (χ0) is 16.9. The molecule has 1 aromatic rings. The van der Waals surface area contributed by atoms with Crippen molar-refractivity contribution in [1.82, 2.24) is 4.90 Å². The Morgan fingerprint density at radius 3 is 2.39 bits per heavy atom. The molecule has 2 rings (SSSR count). The summed E-state index contributed by atoms with van der Waals surface area (Å²) in [6.45, 7) is 4.79. The highest BCUT2D eigenvalue weighted by Gasteiger charge is 2.31. The standard InChI is InChI=1S/C17H25NO4S/c1-14(2)13-23(20,21)16-8-10-18(11-9-16)17(19)12-22-15-6-4-3-5-7-15/h3-7,14,16H,8-13H2,1-2H3. The summed E-state index contributed by atoms with van der Waals surface area (Å²) < 4.78 is 30.0. The van der Waals surface area contributed by atoms with E-state index in [-0.39, 0.29) is 29.4 Å². The monoisotopic (exact) mass is 339 g/mol. The molecule has 23 heavy (non-hydrogen) atoms. The highest BCUT2D eigenvalue weighted by Crippen LogP contribution is 2.20. The molecule has 0 saturated carbocycles. The van der Waals surface area contributed by atoms with Crippen molar-refractivity contribution >= 4 is 15.7 Å². The number of likely N-dealkylation sites (tertiary alicyclic amines) is 1. The summed E-state index contributed by atoms with van der Waals surface area (Å²) in [6.07, 6.45) is 1.04. The first-order chi connectivity index (χ1) is 10.9. The molecule has 1 aliphatic heterocycles. The first-order valence-corrected chi connectivity index (χ1v) is 9.77. The number of piperidine rings is 1. The molecule has 0 spiro atoms. The van der Waals surface area contributed by atoms with E-state index < -0.39 is 9.84 Å². The van der Waals surface area contributed by atoms with Crippen LogP contribution in [-0.2, 0) is 14.6 Å². The number of amides is 1. The summed E-state index contributed by atoms with van der Waals surface area (Å²) in [5.41, 5.74) is 0. The van der Waals surface area contributed by atoms with E-state index >= 15 is 0 Å². The minimum absolute atomic E-state index is 0.00652. The predicted molar refractivity (Wildman–Crippen MR) is 90.2 cm³/mol. The molecular formula is C17H25NO4S. The number of sulfone groups is 1. The molecular weight excluding hydrogens is 314 g/mol. The average molecular weight is 339 g/mol. The highest BCUT2D eigenvalue weighted by molar-refractivity contribution is 7.92. The van der Waals surface area contributed by atoms with Crippen molar-refractivity contribution in [3.8, 4) is 5.75 Å². The molecule has 1 aromatic carbocycles. The normalized spacial score (nSPS) is 16.6. The van der Waals surface area contributed by atoms with Crippen LogP contribution >= 0.6 is 0 Å². The van der Waals surface area contributed by atoms with Gasteiger partial charge < -0.3 is 9.64 Å². The maximum absolute atomic E-state index is 12.3. The second-order valence-electron chi connectivity index (χ2n) is 6.41. The summed E-state index contributed by atoms with van der Waals surface area (Å²) >= 11 is 0. The van der Waals surface area contributed by atoms with Crippen LogP contribution < -0.4 is 4.74 Å². The molecule has 0 aliphatic carbocycles. The van der Waals surface area contributed by atoms with Crippen molar-refractivity contribution in [2.45, 2.75) is 31.9 Å². The molecule has 6 heteroatoms. The molecule has 1 heterocycles. The SMILES string of the molecule is CC(C)CS(=O)(=O)C1CCN(C(=O)COc2ccccc2)CC1. The van der Waals surface area contributed by atoms with Gasteiger partial charge in [0.25, 0.3) is 5.91 Å². The first kappa shape index (κ1) is 17.8. The molecule has 0 N–H and O–H groups in total. The minimum atomic E-state index is -3.06. The topological polar surface area (TPSA) is 63.7 Å². The summed E-state index contributed by atoms with van der Waals surface area (Å²) in [4.78, 5) is 13.9. The van der Waals surface area contributed by atoms with E-state index in [9.17, 15) is 13.2 Å². The predicted octanol–water partition coefficient (Wildman–Crippen LogP) is 2.13. The lowest BCUT2D eigenvalue weighted by Crippen LogP contribution is -2.45. The Hall–Kier alpha value is -1.56. The van der Waals surface area contributed by atoms with Crippen LogP contribution in [0.3, 0.4) is 0 Å². The van der Waals surface area contributed by atoms with Crippen molar-refractivity contribution < 1.29 is 17.9 Å². The molecule has 0 radical (unpaired) electrons. The van der Waals surface area contributed by atoms with E-state index in [2.05, 4.69) is 0 Å². The number of rotatable bonds is 6. The Bertz CT molecular complexity index is 605. The van der Waals surface area contributed by atoms with Crippen LogP contribution in [0.1, 0.15) is 26.7 Å². The van der Waals surface area contributed by atoms with Crippen molar-refractivity contribution in [3.05, 3.63) is 30.3 Å². The lowest BCUT2D eigenvalue weighted by atomic mass is 10.1. The van der Waals surface area contributed by atoms with Gasteiger partial charge in [-0.15, -0.1) is 0 Å². The quantitative estimate of drug-likeness (QED) is 0.796. The highest BCUT2D eigenvalue weighted by atomic mass is 32.2. The van der Waals surface area contributed by atoms with Crippen LogP contribution in [0.2, 0.25) is 0 Å². The molecule has 1 saturated heterocycles. The van der Waals surface area contributed by atoms with Gasteiger partial charge in [0.15, 0.2) is 16.4 Å². The van der Waals surface area contributed by atoms with E-state index in [1.807, 2.05) is 32.0 Å². The molecule has 0 aromatic heterocycles. The molecule has 1 fully saturated rings. The molecule has 5 nitrogen and oxygen atoms in total. The number of para-hydroxylation sites is 1. The third kappa shape index (κ3) is 5.23. The number of carbonyl (C=O) groups excluding carboxylic acids is 1. The Labute approximate surface area is 138 Å². The second kappa shape index (κ2) is 7.81. The fourth-order valence-corrected chi connectivity index (χ4v) is 4.95. The van der Waals surface area contributed by atoms with E-state index in [0.717, 1.165) is 0 Å². The van der Waals surface area contributed by atoms with Gasteiger partial charge in [0.1, 0.15) is 5.75 Å². The molecule has 1 aliphatic rings. The van der Waals surface area contributed by atoms with E-state index in [0.29, 0.717) is 31.7 Å². The van der Waals surface area contributed by atoms with Crippen molar-refractivity contribution in [2.24, 2.45) is 5.92 Å². The zero-order valence-corrected chi connectivity index (χ0v) is 14.6. The Morgan fingerprint density at radius 1 is 1.22 bits per heavy atom. The van der Waals surface area contributed by atoms with Crippen molar-refractivity contribution in [2.75, 3.05) is 25.4 Å². The lowest BCUT2D eigenvalue weighted by molar-refractivity contribution is -0.134. The van der Waals surface area contributed by atoms with Gasteiger partial charge in [-0.2, -0.15) is 0 Å². The first-order valence-electron chi connectivity index (χ1n) is 8.05. The van der Waals surface area contributed by atoms with Crippen molar-refractivity contribution in [1.29, 1.82) is 0 Å². The van der Waals surface area contributed by atoms with Gasteiger partial charge in [0, 0.05) is 13.1 Å². The maximum atomic E-state index is 12.3. The fraction of sp³-hybridized carbons (Fsp3) is 0.588. The minimum Gasteiger partial charge on any atom is -0.484 e. The summed E-state index contributed by atoms with van der Waals surface area (Å²) in [5, 5.41) is -0.316. The third-order valence-electron chi connectivity index (χ3n) is 3.97. The van der Waals surface area contributed by atoms with E-state index in [4.69, 9.17) is 4.74 Å². The van der Waals surface area contributed by atoms with Crippen LogP contribution in [0.5, 0.6) is 5.75 Å². The van der Waals surface area contributed by atoms with Gasteiger partial charge in [-0.05, 0) is 30.9 Å². The van der Waals surface area contributed by atoms with Crippen LogP contribution in [-0.4, -0.2) is 49.9 Å². The van der Waals surface area contributed by atoms with Gasteiger partial charge >= 0.3 is 0 Å². The number of ether oxygens (including phenoxy) is 1. The van der Waals surface area contributed by atoms with Gasteiger partial charge in [-0.3, -0.25) is 4.79 Å². The molecule has 128 valence electrons. The summed E-state index contributed by atoms with van der Waals surface area (Å²) in [6, 6.07) is 9.20. The van der Waals surface area contributed by atoms with Gasteiger partial charge in [0.2, 0.25) is 0 Å². The second-order valence-corrected chi connectivity index (χ2v) is 8.73. The Morgan fingerprint density at radius 2 is 1.83 bits per heavy atom. The van der Waals surface area contributed by atoms with E-state index in [1.165, 1.54) is 0 Å². The maximum Gasteiger partial charge on any atom is 0.260 e. The Kier molecular flexibility index (Phi) is 6.04. The molecule has 0 atom stereocenters. The molecule has 1 amide bonds. The largest absolute Gasteiger partial charge is 0.484 e. The third-order valence-corrected chi connectivity index (χ3v) is 6.59. The lowest BCUT2D eigenvalue weighted by Gasteiger charge is -2.32. The average Bonchev–Trinajstić information content (AvgIpc) is 2.52. The number of carbonyl (C=O) groups is 1. The fourth-order valence-electron chi connectivity index (χ4n) is 2.82. The van der Waals surface area contributed by atoms with Gasteiger partial charge in [-0.25, -0.2) is 8.42 Å². The van der Waals surface area contributed by atoms with Gasteiger partial charge in [-0.1, -0.05) is 32.0 Å². The number of hydrogen-bond donors (Lipinski definition) is 0. The number of hydrogen-bond acceptors (Lipinski definition) is 4. The number of nitrogens with zero attached hydrogens (tertiary/aromatic N) is 1. The smallest absolute Gasteiger partial charge is 0.260 e. The molecule has 0 unspecified atom stereocenters. The van der Waals surface area contributed by atoms with Crippen LogP contribution in [0.15, 0.2) is 30.3 Å². The van der Waals surface area contributed by atoms with Crippen LogP contribution in [0.4, 0.5) is 0 Å². The summed E-state index contributed by atoms with van der Waals surface area (Å²) in [5.74, 6) is 0.936. The Balaban J connectivity index is 1.81. The van der Waals surface area contributed by atoms with Crippen molar-refractivity contribution in [3.63, 3.8) is 0 Å². The number of benzene rings is 1. The van der Waals surface area contributed by atoms with E-state index in [1.54, 1.807) is 17.0 Å². The molecule has 0 bridgehead atoms. The van der Waals surface area contributed by atoms with Gasteiger partial charge in [0.05, 0.1) is 11.0 Å². The van der Waals surface area contributed by atoms with Crippen LogP contribution in [0.25, 0.3) is 0 Å². The van der Waals surface area contributed by atoms with Crippen LogP contribution in [0, 0.1) is 5.92 Å².